The van der Waals surface area contributed by atoms with E-state index in [1.54, 1.807) is 60.7 Å². The lowest BCUT2D eigenvalue weighted by Gasteiger charge is -2.32. The van der Waals surface area contributed by atoms with Crippen molar-refractivity contribution in [3.05, 3.63) is 83.9 Å². The molecule has 6 heteroatoms. The van der Waals surface area contributed by atoms with Crippen LogP contribution in [0.5, 0.6) is 0 Å². The number of rotatable bonds is 7. The van der Waals surface area contributed by atoms with Crippen LogP contribution < -0.4 is 0 Å². The first-order chi connectivity index (χ1) is 14.0. The monoisotopic (exact) mass is 396 g/mol. The van der Waals surface area contributed by atoms with Gasteiger partial charge in [0.15, 0.2) is 12.4 Å². The fourth-order valence-corrected chi connectivity index (χ4v) is 2.80. The first-order valence-corrected chi connectivity index (χ1v) is 9.50. The van der Waals surface area contributed by atoms with E-state index in [9.17, 15) is 9.59 Å². The number of carbonyl (C=O) groups is 2. The van der Waals surface area contributed by atoms with E-state index < -0.39 is 30.4 Å². The lowest BCUT2D eigenvalue weighted by molar-refractivity contribution is -0.193. The van der Waals surface area contributed by atoms with Gasteiger partial charge in [0.05, 0.1) is 17.2 Å². The molecule has 3 atom stereocenters. The minimum absolute atomic E-state index is 0.0550. The van der Waals surface area contributed by atoms with Crippen LogP contribution in [0, 0.1) is 0 Å². The zero-order valence-electron chi connectivity index (χ0n) is 16.4. The average Bonchev–Trinajstić information content (AvgIpc) is 2.74. The van der Waals surface area contributed by atoms with Crippen molar-refractivity contribution in [3.63, 3.8) is 0 Å². The van der Waals surface area contributed by atoms with Gasteiger partial charge in [-0.15, -0.1) is 0 Å². The van der Waals surface area contributed by atoms with E-state index in [-0.39, 0.29) is 12.7 Å². The lowest BCUT2D eigenvalue weighted by atomic mass is 10.1. The molecule has 3 rings (SSSR count). The predicted molar refractivity (Wildman–Crippen MR) is 106 cm³/mol. The quantitative estimate of drug-likeness (QED) is 0.524. The summed E-state index contributed by atoms with van der Waals surface area (Å²) >= 11 is 0. The fourth-order valence-electron chi connectivity index (χ4n) is 2.80. The van der Waals surface area contributed by atoms with E-state index in [4.69, 9.17) is 18.9 Å². The molecule has 0 fully saturated rings. The maximum atomic E-state index is 12.4. The van der Waals surface area contributed by atoms with Crippen LogP contribution in [-0.2, 0) is 18.9 Å². The van der Waals surface area contributed by atoms with Crippen molar-refractivity contribution in [3.8, 4) is 0 Å². The van der Waals surface area contributed by atoms with Gasteiger partial charge >= 0.3 is 11.9 Å². The summed E-state index contributed by atoms with van der Waals surface area (Å²) in [5, 5.41) is 0. The molecule has 1 heterocycles. The van der Waals surface area contributed by atoms with Crippen molar-refractivity contribution < 1.29 is 28.5 Å². The Bertz CT molecular complexity index is 831. The Balaban J connectivity index is 1.68. The van der Waals surface area contributed by atoms with Gasteiger partial charge in [-0.25, -0.2) is 9.59 Å². The second kappa shape index (κ2) is 10.0. The summed E-state index contributed by atoms with van der Waals surface area (Å²) in [4.78, 5) is 24.7. The van der Waals surface area contributed by atoms with Gasteiger partial charge in [-0.2, -0.15) is 0 Å². The fraction of sp³-hybridized carbons (Fsp3) is 0.304. The van der Waals surface area contributed by atoms with Crippen molar-refractivity contribution in [1.82, 2.24) is 0 Å². The first-order valence-electron chi connectivity index (χ1n) is 9.50. The Hall–Kier alpha value is -2.96. The van der Waals surface area contributed by atoms with Crippen LogP contribution in [0.25, 0.3) is 0 Å². The highest BCUT2D eigenvalue weighted by molar-refractivity contribution is 5.90. The second-order valence-electron chi connectivity index (χ2n) is 6.81. The Morgan fingerprint density at radius 3 is 2.07 bits per heavy atom. The molecule has 1 aliphatic heterocycles. The Morgan fingerprint density at radius 2 is 1.48 bits per heavy atom. The van der Waals surface area contributed by atoms with E-state index in [2.05, 4.69) is 0 Å². The highest BCUT2D eigenvalue weighted by atomic mass is 16.7. The summed E-state index contributed by atoms with van der Waals surface area (Å²) in [6, 6.07) is 17.4. The Morgan fingerprint density at radius 1 is 0.897 bits per heavy atom. The molecule has 0 aromatic heterocycles. The normalized spacial score (nSPS) is 21.0. The number of hydrogen-bond donors (Lipinski definition) is 0. The van der Waals surface area contributed by atoms with Gasteiger partial charge in [-0.3, -0.25) is 0 Å². The zero-order chi connectivity index (χ0) is 20.6. The third-order valence-corrected chi connectivity index (χ3v) is 4.18. The van der Waals surface area contributed by atoms with Crippen molar-refractivity contribution in [1.29, 1.82) is 0 Å². The molecular weight excluding hydrogens is 372 g/mol. The third-order valence-electron chi connectivity index (χ3n) is 4.18. The van der Waals surface area contributed by atoms with Crippen LogP contribution in [0.15, 0.2) is 72.8 Å². The Labute approximate surface area is 170 Å². The Kier molecular flexibility index (Phi) is 7.16. The summed E-state index contributed by atoms with van der Waals surface area (Å²) in [6.07, 6.45) is 1.33. The van der Waals surface area contributed by atoms with Crippen LogP contribution in [0.2, 0.25) is 0 Å². The standard InChI is InChI=1S/C23H24O6/c1-16(2)27-21-14-13-19(29-23(25)18-11-7-4-8-12-18)20(28-21)15-26-22(24)17-9-5-3-6-10-17/h3-14,16,19-21H,15H2,1-2H3/t19-,20+,21-/m0/s1. The third kappa shape index (κ3) is 6.01. The topological polar surface area (TPSA) is 71.1 Å². The molecule has 1 aliphatic rings. The molecule has 0 saturated carbocycles. The van der Waals surface area contributed by atoms with E-state index >= 15 is 0 Å². The number of carbonyl (C=O) groups excluding carboxylic acids is 2. The van der Waals surface area contributed by atoms with Gasteiger partial charge in [-0.1, -0.05) is 36.4 Å². The SMILES string of the molecule is CC(C)O[C@@H]1C=C[C@H](OC(=O)c2ccccc2)[C@@H](COC(=O)c2ccccc2)O1. The summed E-state index contributed by atoms with van der Waals surface area (Å²) in [7, 11) is 0. The average molecular weight is 396 g/mol. The van der Waals surface area contributed by atoms with E-state index in [1.807, 2.05) is 26.0 Å². The van der Waals surface area contributed by atoms with Gasteiger partial charge in [-0.05, 0) is 50.3 Å². The summed E-state index contributed by atoms with van der Waals surface area (Å²) in [5.74, 6) is -0.954. The summed E-state index contributed by atoms with van der Waals surface area (Å²) < 4.78 is 22.5. The van der Waals surface area contributed by atoms with Crippen molar-refractivity contribution in [2.24, 2.45) is 0 Å². The molecule has 0 unspecified atom stereocenters. The van der Waals surface area contributed by atoms with Crippen molar-refractivity contribution >= 4 is 11.9 Å². The molecule has 0 N–H and O–H groups in total. The van der Waals surface area contributed by atoms with Gasteiger partial charge in [0.2, 0.25) is 0 Å². The van der Waals surface area contributed by atoms with E-state index in [0.717, 1.165) is 0 Å². The number of esters is 2. The summed E-state index contributed by atoms with van der Waals surface area (Å²) in [6.45, 7) is 3.70. The molecule has 0 spiro atoms. The molecule has 0 aliphatic carbocycles. The molecule has 0 bridgehead atoms. The molecule has 29 heavy (non-hydrogen) atoms. The molecule has 0 saturated heterocycles. The molecular formula is C23H24O6. The molecule has 0 amide bonds. The molecule has 6 nitrogen and oxygen atoms in total. The van der Waals surface area contributed by atoms with E-state index in [1.165, 1.54) is 0 Å². The highest BCUT2D eigenvalue weighted by Crippen LogP contribution is 2.20. The summed E-state index contributed by atoms with van der Waals surface area (Å²) in [5.41, 5.74) is 0.869. The van der Waals surface area contributed by atoms with Crippen LogP contribution in [0.1, 0.15) is 34.6 Å². The maximum absolute atomic E-state index is 12.4. The molecule has 0 radical (unpaired) electrons. The largest absolute Gasteiger partial charge is 0.459 e. The minimum atomic E-state index is -0.710. The van der Waals surface area contributed by atoms with Crippen LogP contribution in [0.4, 0.5) is 0 Å². The van der Waals surface area contributed by atoms with Crippen LogP contribution >= 0.6 is 0 Å². The van der Waals surface area contributed by atoms with Crippen molar-refractivity contribution in [2.75, 3.05) is 6.61 Å². The molecule has 152 valence electrons. The van der Waals surface area contributed by atoms with Crippen LogP contribution in [-0.4, -0.2) is 43.1 Å². The van der Waals surface area contributed by atoms with Crippen molar-refractivity contribution in [2.45, 2.75) is 38.4 Å². The maximum Gasteiger partial charge on any atom is 0.338 e. The second-order valence-corrected chi connectivity index (χ2v) is 6.81. The number of benzene rings is 2. The first kappa shape index (κ1) is 20.8. The van der Waals surface area contributed by atoms with E-state index in [0.29, 0.717) is 11.1 Å². The van der Waals surface area contributed by atoms with Gasteiger partial charge in [0, 0.05) is 0 Å². The smallest absolute Gasteiger partial charge is 0.338 e. The lowest BCUT2D eigenvalue weighted by Crippen LogP contribution is -2.43. The van der Waals surface area contributed by atoms with Gasteiger partial charge in [0.25, 0.3) is 0 Å². The number of hydrogen-bond acceptors (Lipinski definition) is 6. The number of ether oxygens (including phenoxy) is 4. The zero-order valence-corrected chi connectivity index (χ0v) is 16.4. The van der Waals surface area contributed by atoms with Crippen LogP contribution in [0.3, 0.4) is 0 Å². The molecule has 2 aromatic carbocycles. The van der Waals surface area contributed by atoms with Gasteiger partial charge in [0.1, 0.15) is 12.7 Å². The predicted octanol–water partition coefficient (Wildman–Crippen LogP) is 3.78. The molecule has 2 aromatic rings. The van der Waals surface area contributed by atoms with Gasteiger partial charge < -0.3 is 18.9 Å². The minimum Gasteiger partial charge on any atom is -0.459 e. The highest BCUT2D eigenvalue weighted by Gasteiger charge is 2.32.